The first-order valence-corrected chi connectivity index (χ1v) is 16.5. The van der Waals surface area contributed by atoms with Gasteiger partial charge in [0.2, 0.25) is 23.6 Å². The number of thioether (sulfide) groups is 1. The van der Waals surface area contributed by atoms with E-state index in [0.717, 1.165) is 5.56 Å². The second kappa shape index (κ2) is 20.4. The van der Waals surface area contributed by atoms with Crippen LogP contribution in [0.3, 0.4) is 0 Å². The van der Waals surface area contributed by atoms with Crippen molar-refractivity contribution < 1.29 is 39.0 Å². The molecule has 0 aromatic heterocycles. The van der Waals surface area contributed by atoms with Crippen LogP contribution in [0.5, 0.6) is 0 Å². The molecule has 0 unspecified atom stereocenters. The number of hydrogen-bond acceptors (Lipinski definition) is 8. The fourth-order valence-electron chi connectivity index (χ4n) is 4.43. The standard InChI is InChI=1S/C31H49N5O8S/c1-6-19(4)26(30(42)35-24(31(43)44)16-18(2)3)36-28(40)22(12-13-25(37)38)33-29(41)23(17-20-10-8-7-9-11-20)34-27(39)21(32)14-15-45-5/h7-11,18-19,21-24,26H,6,12-17,32H2,1-5H3,(H,33,41)(H,34,39)(H,35,42)(H,36,40)(H,37,38)(H,43,44)/t19-,21-,22-,23-,24-,26-/m0/s1. The minimum absolute atomic E-state index is 0.0249. The summed E-state index contributed by atoms with van der Waals surface area (Å²) in [7, 11) is 0. The third-order valence-corrected chi connectivity index (χ3v) is 7.92. The number of carboxylic acids is 2. The van der Waals surface area contributed by atoms with Gasteiger partial charge in [0.25, 0.3) is 0 Å². The lowest BCUT2D eigenvalue weighted by Gasteiger charge is -2.29. The molecule has 0 fully saturated rings. The topological polar surface area (TPSA) is 217 Å². The minimum Gasteiger partial charge on any atom is -0.481 e. The van der Waals surface area contributed by atoms with Gasteiger partial charge in [0.05, 0.1) is 6.04 Å². The van der Waals surface area contributed by atoms with Gasteiger partial charge in [-0.1, -0.05) is 64.4 Å². The van der Waals surface area contributed by atoms with E-state index in [-0.39, 0.29) is 25.2 Å². The van der Waals surface area contributed by atoms with Gasteiger partial charge < -0.3 is 37.2 Å². The van der Waals surface area contributed by atoms with E-state index >= 15 is 0 Å². The molecule has 0 saturated heterocycles. The number of carboxylic acid groups (broad SMARTS) is 2. The van der Waals surface area contributed by atoms with Gasteiger partial charge in [0, 0.05) is 12.8 Å². The van der Waals surface area contributed by atoms with Crippen LogP contribution in [0.2, 0.25) is 0 Å². The first kappa shape index (κ1) is 39.4. The van der Waals surface area contributed by atoms with Gasteiger partial charge in [-0.25, -0.2) is 4.79 Å². The molecule has 0 aliphatic heterocycles. The first-order chi connectivity index (χ1) is 21.2. The second-order valence-electron chi connectivity index (χ2n) is 11.5. The summed E-state index contributed by atoms with van der Waals surface area (Å²) < 4.78 is 0. The normalized spacial score (nSPS) is 15.1. The van der Waals surface area contributed by atoms with Crippen molar-refractivity contribution in [3.05, 3.63) is 35.9 Å². The van der Waals surface area contributed by atoms with E-state index in [4.69, 9.17) is 5.73 Å². The van der Waals surface area contributed by atoms with Crippen molar-refractivity contribution in [3.63, 3.8) is 0 Å². The third kappa shape index (κ3) is 14.8. The number of carbonyl (C=O) groups excluding carboxylic acids is 4. The molecule has 13 nitrogen and oxygen atoms in total. The average Bonchev–Trinajstić information content (AvgIpc) is 2.99. The number of amides is 4. The predicted molar refractivity (Wildman–Crippen MR) is 172 cm³/mol. The first-order valence-electron chi connectivity index (χ1n) is 15.1. The van der Waals surface area contributed by atoms with E-state index in [2.05, 4.69) is 21.3 Å². The molecule has 1 rings (SSSR count). The summed E-state index contributed by atoms with van der Waals surface area (Å²) in [6, 6.07) is 3.18. The molecule has 0 aliphatic carbocycles. The van der Waals surface area contributed by atoms with E-state index in [1.54, 1.807) is 44.2 Å². The number of aliphatic carboxylic acids is 2. The fraction of sp³-hybridized carbons (Fsp3) is 0.613. The van der Waals surface area contributed by atoms with Crippen LogP contribution in [0.4, 0.5) is 0 Å². The zero-order valence-corrected chi connectivity index (χ0v) is 27.5. The van der Waals surface area contributed by atoms with Gasteiger partial charge in [0.15, 0.2) is 0 Å². The number of nitrogens with one attached hydrogen (secondary N) is 4. The maximum atomic E-state index is 13.6. The predicted octanol–water partition coefficient (Wildman–Crippen LogP) is 1.29. The van der Waals surface area contributed by atoms with Crippen LogP contribution >= 0.6 is 11.8 Å². The quantitative estimate of drug-likeness (QED) is 0.101. The zero-order valence-electron chi connectivity index (χ0n) is 26.7. The molecule has 1 aromatic carbocycles. The summed E-state index contributed by atoms with van der Waals surface area (Å²) >= 11 is 1.52. The van der Waals surface area contributed by atoms with Crippen LogP contribution in [-0.2, 0) is 35.2 Å². The summed E-state index contributed by atoms with van der Waals surface area (Å²) in [6.45, 7) is 7.14. The van der Waals surface area contributed by atoms with Crippen LogP contribution in [0.1, 0.15) is 65.4 Å². The fourth-order valence-corrected chi connectivity index (χ4v) is 4.92. The van der Waals surface area contributed by atoms with Crippen molar-refractivity contribution >= 4 is 47.3 Å². The summed E-state index contributed by atoms with van der Waals surface area (Å²) in [5.41, 5.74) is 6.75. The molecule has 45 heavy (non-hydrogen) atoms. The van der Waals surface area contributed by atoms with E-state index in [1.807, 2.05) is 20.1 Å². The molecule has 14 heteroatoms. The van der Waals surface area contributed by atoms with Crippen molar-refractivity contribution in [3.8, 4) is 0 Å². The van der Waals surface area contributed by atoms with Crippen LogP contribution in [-0.4, -0.2) is 88.0 Å². The number of carbonyl (C=O) groups is 6. The Bertz CT molecular complexity index is 1140. The van der Waals surface area contributed by atoms with Crippen LogP contribution < -0.4 is 27.0 Å². The molecule has 8 N–H and O–H groups in total. The molecule has 0 heterocycles. The van der Waals surface area contributed by atoms with E-state index < -0.39 is 78.1 Å². The van der Waals surface area contributed by atoms with E-state index in [1.165, 1.54) is 11.8 Å². The number of benzene rings is 1. The summed E-state index contributed by atoms with van der Waals surface area (Å²) in [5, 5.41) is 29.2. The van der Waals surface area contributed by atoms with Crippen molar-refractivity contribution in [1.29, 1.82) is 0 Å². The van der Waals surface area contributed by atoms with Crippen molar-refractivity contribution in [2.24, 2.45) is 17.6 Å². The molecule has 0 bridgehead atoms. The van der Waals surface area contributed by atoms with Crippen LogP contribution in [0, 0.1) is 11.8 Å². The van der Waals surface area contributed by atoms with Gasteiger partial charge in [-0.05, 0) is 48.7 Å². The van der Waals surface area contributed by atoms with Gasteiger partial charge in [0.1, 0.15) is 24.2 Å². The average molecular weight is 652 g/mol. The van der Waals surface area contributed by atoms with Crippen LogP contribution in [0.15, 0.2) is 30.3 Å². The molecule has 4 amide bonds. The minimum atomic E-state index is -1.38. The second-order valence-corrected chi connectivity index (χ2v) is 12.5. The Balaban J connectivity index is 3.26. The van der Waals surface area contributed by atoms with Gasteiger partial charge in [-0.15, -0.1) is 0 Å². The molecule has 1 aromatic rings. The third-order valence-electron chi connectivity index (χ3n) is 7.28. The van der Waals surface area contributed by atoms with E-state index in [0.29, 0.717) is 18.6 Å². The highest BCUT2D eigenvalue weighted by molar-refractivity contribution is 7.98. The molecular weight excluding hydrogens is 602 g/mol. The molecular formula is C31H49N5O8S. The molecule has 6 atom stereocenters. The Morgan fingerprint density at radius 3 is 1.91 bits per heavy atom. The largest absolute Gasteiger partial charge is 0.481 e. The number of nitrogens with two attached hydrogens (primary N) is 1. The lowest BCUT2D eigenvalue weighted by atomic mass is 9.96. The molecule has 0 aliphatic rings. The Labute approximate surface area is 269 Å². The highest BCUT2D eigenvalue weighted by atomic mass is 32.2. The van der Waals surface area contributed by atoms with E-state index in [9.17, 15) is 39.0 Å². The van der Waals surface area contributed by atoms with Gasteiger partial charge in [-0.3, -0.25) is 24.0 Å². The molecule has 0 spiro atoms. The summed E-state index contributed by atoms with van der Waals surface area (Å²) in [6.07, 6.45) is 2.20. The molecule has 252 valence electrons. The Morgan fingerprint density at radius 2 is 1.38 bits per heavy atom. The highest BCUT2D eigenvalue weighted by Gasteiger charge is 2.34. The monoisotopic (exact) mass is 651 g/mol. The molecule has 0 radical (unpaired) electrons. The molecule has 0 saturated carbocycles. The summed E-state index contributed by atoms with van der Waals surface area (Å²) in [4.78, 5) is 76.3. The van der Waals surface area contributed by atoms with Gasteiger partial charge >= 0.3 is 11.9 Å². The smallest absolute Gasteiger partial charge is 0.326 e. The highest BCUT2D eigenvalue weighted by Crippen LogP contribution is 2.13. The van der Waals surface area contributed by atoms with Crippen molar-refractivity contribution in [1.82, 2.24) is 21.3 Å². The van der Waals surface area contributed by atoms with Gasteiger partial charge in [-0.2, -0.15) is 11.8 Å². The Morgan fingerprint density at radius 1 is 0.800 bits per heavy atom. The zero-order chi connectivity index (χ0) is 34.1. The lowest BCUT2D eigenvalue weighted by Crippen LogP contribution is -2.60. The lowest BCUT2D eigenvalue weighted by molar-refractivity contribution is -0.143. The Hall–Kier alpha value is -3.65. The Kier molecular flexibility index (Phi) is 17.8. The maximum absolute atomic E-state index is 13.6. The van der Waals surface area contributed by atoms with Crippen molar-refractivity contribution in [2.75, 3.05) is 12.0 Å². The number of hydrogen-bond donors (Lipinski definition) is 7. The SMILES string of the molecule is CC[C@H](C)[C@H](NC(=O)[C@H](CCC(=O)O)NC(=O)[C@H](Cc1ccccc1)NC(=O)[C@@H](N)CCSC)C(=O)N[C@@H](CC(C)C)C(=O)O. The van der Waals surface area contributed by atoms with Crippen molar-refractivity contribution in [2.45, 2.75) is 96.4 Å². The summed E-state index contributed by atoms with van der Waals surface area (Å²) in [5.74, 6) is -5.03. The maximum Gasteiger partial charge on any atom is 0.326 e. The number of rotatable bonds is 21. The van der Waals surface area contributed by atoms with Crippen LogP contribution in [0.25, 0.3) is 0 Å².